The van der Waals surface area contributed by atoms with Crippen LogP contribution in [0.4, 0.5) is 0 Å². The number of hydrogen-bond acceptors (Lipinski definition) is 5. The van der Waals surface area contributed by atoms with Crippen LogP contribution in [0.1, 0.15) is 84.5 Å². The van der Waals surface area contributed by atoms with Gasteiger partial charge in [0.25, 0.3) is 0 Å². The van der Waals surface area contributed by atoms with Gasteiger partial charge in [-0.1, -0.05) is 46.0 Å². The van der Waals surface area contributed by atoms with Crippen molar-refractivity contribution in [2.75, 3.05) is 19.7 Å². The van der Waals surface area contributed by atoms with Crippen LogP contribution >= 0.6 is 0 Å². The lowest BCUT2D eigenvalue weighted by molar-refractivity contribution is -0.144. The fourth-order valence-corrected chi connectivity index (χ4v) is 3.31. The van der Waals surface area contributed by atoms with E-state index in [0.717, 1.165) is 32.4 Å². The van der Waals surface area contributed by atoms with Gasteiger partial charge in [0, 0.05) is 19.5 Å². The summed E-state index contributed by atoms with van der Waals surface area (Å²) in [6.45, 7) is 6.67. The Morgan fingerprint density at radius 2 is 1.81 bits per heavy atom. The van der Waals surface area contributed by atoms with Gasteiger partial charge in [-0.15, -0.1) is 0 Å². The van der Waals surface area contributed by atoms with E-state index in [9.17, 15) is 9.59 Å². The lowest BCUT2D eigenvalue weighted by Crippen LogP contribution is -2.52. The Morgan fingerprint density at radius 1 is 1.08 bits per heavy atom. The Kier molecular flexibility index (Phi) is 12.3. The number of unbranched alkanes of at least 4 members (excludes halogenated alkanes) is 2. The van der Waals surface area contributed by atoms with Crippen molar-refractivity contribution in [3.05, 3.63) is 0 Å². The molecule has 0 aromatic rings. The normalized spacial score (nSPS) is 17.6. The predicted molar refractivity (Wildman–Crippen MR) is 104 cm³/mol. The van der Waals surface area contributed by atoms with Gasteiger partial charge in [0.05, 0.1) is 6.61 Å². The highest BCUT2D eigenvalue weighted by atomic mass is 16.5. The van der Waals surface area contributed by atoms with Gasteiger partial charge in [0.1, 0.15) is 6.04 Å². The standard InChI is InChI=1S/C20H39N3O3/c1-3-4-6-10-17(2)12-13-19(24)26-16-9-11-18(20(21)25)22-23-14-7-5-8-15-23/h17-18,22H,3-16H2,1-2H3,(H2,21,25). The average molecular weight is 370 g/mol. The summed E-state index contributed by atoms with van der Waals surface area (Å²) < 4.78 is 5.31. The fourth-order valence-electron chi connectivity index (χ4n) is 3.31. The Morgan fingerprint density at radius 3 is 2.46 bits per heavy atom. The second-order valence-corrected chi connectivity index (χ2v) is 7.63. The summed E-state index contributed by atoms with van der Waals surface area (Å²) in [5.74, 6) is 0.0943. The zero-order valence-corrected chi connectivity index (χ0v) is 16.8. The Labute approximate surface area is 159 Å². The molecule has 1 saturated heterocycles. The molecule has 6 nitrogen and oxygen atoms in total. The number of hydrogen-bond donors (Lipinski definition) is 2. The molecule has 0 aromatic carbocycles. The van der Waals surface area contributed by atoms with Crippen LogP contribution in [0.2, 0.25) is 0 Å². The van der Waals surface area contributed by atoms with E-state index in [1.807, 2.05) is 0 Å². The lowest BCUT2D eigenvalue weighted by Gasteiger charge is -2.30. The Bertz CT molecular complexity index is 398. The number of primary amides is 1. The first-order chi connectivity index (χ1) is 12.5. The molecule has 1 rings (SSSR count). The maximum atomic E-state index is 11.8. The second-order valence-electron chi connectivity index (χ2n) is 7.63. The van der Waals surface area contributed by atoms with E-state index in [2.05, 4.69) is 24.3 Å². The number of piperidine rings is 1. The number of amides is 1. The van der Waals surface area contributed by atoms with Gasteiger partial charge in [-0.05, 0) is 38.0 Å². The molecule has 0 spiro atoms. The molecule has 0 aliphatic carbocycles. The highest BCUT2D eigenvalue weighted by Crippen LogP contribution is 2.15. The summed E-state index contributed by atoms with van der Waals surface area (Å²) >= 11 is 0. The zero-order valence-electron chi connectivity index (χ0n) is 16.8. The lowest BCUT2D eigenvalue weighted by atomic mass is 9.98. The van der Waals surface area contributed by atoms with Crippen LogP contribution in [0.15, 0.2) is 0 Å². The fraction of sp³-hybridized carbons (Fsp3) is 0.900. The van der Waals surface area contributed by atoms with Crippen molar-refractivity contribution >= 4 is 11.9 Å². The molecule has 1 amide bonds. The van der Waals surface area contributed by atoms with Crippen molar-refractivity contribution in [1.29, 1.82) is 0 Å². The molecule has 26 heavy (non-hydrogen) atoms. The molecule has 0 radical (unpaired) electrons. The third kappa shape index (κ3) is 10.8. The van der Waals surface area contributed by atoms with E-state index in [-0.39, 0.29) is 17.9 Å². The summed E-state index contributed by atoms with van der Waals surface area (Å²) in [7, 11) is 0. The van der Waals surface area contributed by atoms with Gasteiger partial charge < -0.3 is 10.5 Å². The molecule has 0 aromatic heterocycles. The van der Waals surface area contributed by atoms with Crippen LogP contribution in [0.5, 0.6) is 0 Å². The first kappa shape index (κ1) is 22.9. The maximum Gasteiger partial charge on any atom is 0.305 e. The highest BCUT2D eigenvalue weighted by molar-refractivity contribution is 5.79. The third-order valence-electron chi connectivity index (χ3n) is 5.08. The second kappa shape index (κ2) is 14.0. The van der Waals surface area contributed by atoms with Gasteiger partial charge in [-0.25, -0.2) is 10.4 Å². The van der Waals surface area contributed by atoms with Gasteiger partial charge >= 0.3 is 5.97 Å². The zero-order chi connectivity index (χ0) is 19.2. The number of carbonyl (C=O) groups is 2. The van der Waals surface area contributed by atoms with Crippen LogP contribution in [0.3, 0.4) is 0 Å². The van der Waals surface area contributed by atoms with Crippen LogP contribution in [0, 0.1) is 5.92 Å². The molecule has 1 fully saturated rings. The topological polar surface area (TPSA) is 84.7 Å². The van der Waals surface area contributed by atoms with E-state index >= 15 is 0 Å². The molecule has 2 unspecified atom stereocenters. The third-order valence-corrected chi connectivity index (χ3v) is 5.08. The number of esters is 1. The predicted octanol–water partition coefficient (Wildman–Crippen LogP) is 3.15. The van der Waals surface area contributed by atoms with Crippen molar-refractivity contribution in [2.24, 2.45) is 11.7 Å². The quantitative estimate of drug-likeness (QED) is 0.363. The van der Waals surface area contributed by atoms with E-state index in [0.29, 0.717) is 31.8 Å². The summed E-state index contributed by atoms with van der Waals surface area (Å²) in [6, 6.07) is -0.384. The summed E-state index contributed by atoms with van der Waals surface area (Å²) in [5.41, 5.74) is 8.72. The number of nitrogens with two attached hydrogens (primary N) is 1. The monoisotopic (exact) mass is 369 g/mol. The SMILES string of the molecule is CCCCCC(C)CCC(=O)OCCCC(NN1CCCCC1)C(N)=O. The van der Waals surface area contributed by atoms with Crippen molar-refractivity contribution in [3.8, 4) is 0 Å². The molecule has 1 heterocycles. The highest BCUT2D eigenvalue weighted by Gasteiger charge is 2.19. The minimum absolute atomic E-state index is 0.132. The number of nitrogens with zero attached hydrogens (tertiary/aromatic N) is 1. The molecule has 0 bridgehead atoms. The number of nitrogens with one attached hydrogen (secondary N) is 1. The molecule has 2 atom stereocenters. The van der Waals surface area contributed by atoms with Gasteiger partial charge in [-0.3, -0.25) is 9.59 Å². The van der Waals surface area contributed by atoms with Gasteiger partial charge in [0.15, 0.2) is 0 Å². The van der Waals surface area contributed by atoms with Crippen molar-refractivity contribution in [3.63, 3.8) is 0 Å². The molecule has 152 valence electrons. The molecule has 3 N–H and O–H groups in total. The first-order valence-electron chi connectivity index (χ1n) is 10.5. The minimum Gasteiger partial charge on any atom is -0.466 e. The number of hydrazine groups is 1. The van der Waals surface area contributed by atoms with Gasteiger partial charge in [-0.2, -0.15) is 0 Å². The van der Waals surface area contributed by atoms with E-state index in [1.54, 1.807) is 0 Å². The van der Waals surface area contributed by atoms with Gasteiger partial charge in [0.2, 0.25) is 5.91 Å². The Balaban J connectivity index is 2.12. The number of rotatable bonds is 14. The summed E-state index contributed by atoms with van der Waals surface area (Å²) in [6.07, 6.45) is 11.1. The molecule has 6 heteroatoms. The minimum atomic E-state index is -0.384. The molecule has 1 aliphatic heterocycles. The van der Waals surface area contributed by atoms with Crippen molar-refractivity contribution in [2.45, 2.75) is 90.5 Å². The largest absolute Gasteiger partial charge is 0.466 e. The first-order valence-corrected chi connectivity index (χ1v) is 10.5. The van der Waals surface area contributed by atoms with Crippen LogP contribution in [-0.4, -0.2) is 42.6 Å². The average Bonchev–Trinajstić information content (AvgIpc) is 2.63. The van der Waals surface area contributed by atoms with Crippen LogP contribution in [-0.2, 0) is 14.3 Å². The number of carbonyl (C=O) groups excluding carboxylic acids is 2. The Hall–Kier alpha value is -1.14. The molecule has 0 saturated carbocycles. The molecular formula is C20H39N3O3. The summed E-state index contributed by atoms with van der Waals surface area (Å²) in [5, 5.41) is 2.09. The van der Waals surface area contributed by atoms with E-state index in [4.69, 9.17) is 10.5 Å². The smallest absolute Gasteiger partial charge is 0.305 e. The van der Waals surface area contributed by atoms with Crippen molar-refractivity contribution in [1.82, 2.24) is 10.4 Å². The summed E-state index contributed by atoms with van der Waals surface area (Å²) in [4.78, 5) is 23.4. The van der Waals surface area contributed by atoms with E-state index < -0.39 is 0 Å². The van der Waals surface area contributed by atoms with Crippen LogP contribution in [0.25, 0.3) is 0 Å². The van der Waals surface area contributed by atoms with Crippen molar-refractivity contribution < 1.29 is 14.3 Å². The molecule has 1 aliphatic rings. The maximum absolute atomic E-state index is 11.8. The number of ether oxygens (including phenoxy) is 1. The molecular weight excluding hydrogens is 330 g/mol. The van der Waals surface area contributed by atoms with E-state index in [1.165, 1.54) is 32.1 Å². The van der Waals surface area contributed by atoms with Crippen LogP contribution < -0.4 is 11.2 Å².